The molecule has 3 nitrogen and oxygen atoms in total. The number of nitrogens with two attached hydrogens (primary N) is 1. The van der Waals surface area contributed by atoms with E-state index in [2.05, 4.69) is 17.1 Å². The molecule has 0 aromatic heterocycles. The van der Waals surface area contributed by atoms with Crippen molar-refractivity contribution in [2.45, 2.75) is 32.2 Å². The monoisotopic (exact) mass is 183 g/mol. The van der Waals surface area contributed by atoms with Gasteiger partial charge in [-0.3, -0.25) is 0 Å². The SMILES string of the molecule is CN/C(=C\N)CCN1CCC[C@H]1C. The zero-order valence-electron chi connectivity index (χ0n) is 8.71. The van der Waals surface area contributed by atoms with Crippen molar-refractivity contribution >= 4 is 0 Å². The molecule has 1 heterocycles. The molecule has 0 radical (unpaired) electrons. The van der Waals surface area contributed by atoms with Crippen LogP contribution in [0.2, 0.25) is 0 Å². The summed E-state index contributed by atoms with van der Waals surface area (Å²) in [5, 5.41) is 3.10. The molecule has 13 heavy (non-hydrogen) atoms. The van der Waals surface area contributed by atoms with E-state index >= 15 is 0 Å². The van der Waals surface area contributed by atoms with E-state index in [1.165, 1.54) is 19.4 Å². The maximum absolute atomic E-state index is 5.46. The van der Waals surface area contributed by atoms with E-state index in [4.69, 9.17) is 5.73 Å². The fourth-order valence-corrected chi connectivity index (χ4v) is 1.88. The van der Waals surface area contributed by atoms with E-state index in [1.807, 2.05) is 7.05 Å². The predicted octanol–water partition coefficient (Wildman–Crippen LogP) is 0.880. The third-order valence-electron chi connectivity index (χ3n) is 2.88. The number of hydrogen-bond acceptors (Lipinski definition) is 3. The number of likely N-dealkylation sites (tertiary alicyclic amines) is 1. The van der Waals surface area contributed by atoms with Crippen LogP contribution in [0.3, 0.4) is 0 Å². The lowest BCUT2D eigenvalue weighted by molar-refractivity contribution is 0.271. The molecule has 0 bridgehead atoms. The standard InChI is InChI=1S/C10H21N3/c1-9-4-3-6-13(9)7-5-10(8-11)12-2/h8-9,12H,3-7,11H2,1-2H3/b10-8-/t9-/m1/s1. The summed E-state index contributed by atoms with van der Waals surface area (Å²) in [7, 11) is 1.92. The Morgan fingerprint density at radius 3 is 2.92 bits per heavy atom. The highest BCUT2D eigenvalue weighted by Crippen LogP contribution is 2.16. The van der Waals surface area contributed by atoms with Gasteiger partial charge in [-0.15, -0.1) is 0 Å². The molecule has 0 aliphatic carbocycles. The summed E-state index contributed by atoms with van der Waals surface area (Å²) >= 11 is 0. The van der Waals surface area contributed by atoms with Crippen LogP contribution >= 0.6 is 0 Å². The molecule has 1 aliphatic heterocycles. The largest absolute Gasteiger partial charge is 0.403 e. The van der Waals surface area contributed by atoms with Gasteiger partial charge in [0.1, 0.15) is 0 Å². The summed E-state index contributed by atoms with van der Waals surface area (Å²) in [6.45, 7) is 4.69. The highest BCUT2D eigenvalue weighted by atomic mass is 15.2. The van der Waals surface area contributed by atoms with Gasteiger partial charge in [0.05, 0.1) is 0 Å². The quantitative estimate of drug-likeness (QED) is 0.680. The summed E-state index contributed by atoms with van der Waals surface area (Å²) in [6.07, 6.45) is 5.40. The van der Waals surface area contributed by atoms with E-state index in [0.717, 1.165) is 24.7 Å². The molecule has 1 saturated heterocycles. The van der Waals surface area contributed by atoms with E-state index in [1.54, 1.807) is 6.20 Å². The normalized spacial score (nSPS) is 25.1. The van der Waals surface area contributed by atoms with Crippen molar-refractivity contribution in [3.63, 3.8) is 0 Å². The van der Waals surface area contributed by atoms with Gasteiger partial charge in [-0.1, -0.05) is 0 Å². The second-order valence-electron chi connectivity index (χ2n) is 3.72. The zero-order valence-corrected chi connectivity index (χ0v) is 8.71. The molecule has 1 fully saturated rings. The molecule has 0 amide bonds. The lowest BCUT2D eigenvalue weighted by atomic mass is 10.2. The number of hydrogen-bond donors (Lipinski definition) is 2. The van der Waals surface area contributed by atoms with Crippen molar-refractivity contribution < 1.29 is 0 Å². The minimum absolute atomic E-state index is 0.760. The first-order valence-electron chi connectivity index (χ1n) is 5.10. The molecule has 3 heteroatoms. The maximum atomic E-state index is 5.46. The van der Waals surface area contributed by atoms with E-state index in [9.17, 15) is 0 Å². The fourth-order valence-electron chi connectivity index (χ4n) is 1.88. The van der Waals surface area contributed by atoms with Crippen LogP contribution in [0.15, 0.2) is 11.9 Å². The Balaban J connectivity index is 2.25. The second-order valence-corrected chi connectivity index (χ2v) is 3.72. The Bertz CT molecular complexity index is 177. The van der Waals surface area contributed by atoms with Gasteiger partial charge >= 0.3 is 0 Å². The highest BCUT2D eigenvalue weighted by Gasteiger charge is 2.19. The van der Waals surface area contributed by atoms with Gasteiger partial charge in [0, 0.05) is 38.0 Å². The van der Waals surface area contributed by atoms with Crippen molar-refractivity contribution in [2.24, 2.45) is 5.73 Å². The minimum atomic E-state index is 0.760. The van der Waals surface area contributed by atoms with E-state index in [0.29, 0.717) is 0 Å². The first kappa shape index (κ1) is 10.4. The van der Waals surface area contributed by atoms with Crippen molar-refractivity contribution in [3.8, 4) is 0 Å². The van der Waals surface area contributed by atoms with Crippen LogP contribution < -0.4 is 11.1 Å². The molecule has 0 aromatic rings. The van der Waals surface area contributed by atoms with E-state index in [-0.39, 0.29) is 0 Å². The van der Waals surface area contributed by atoms with Gasteiger partial charge in [-0.25, -0.2) is 0 Å². The third-order valence-corrected chi connectivity index (χ3v) is 2.88. The van der Waals surface area contributed by atoms with Gasteiger partial charge in [0.25, 0.3) is 0 Å². The first-order valence-corrected chi connectivity index (χ1v) is 5.10. The smallest absolute Gasteiger partial charge is 0.0274 e. The van der Waals surface area contributed by atoms with E-state index < -0.39 is 0 Å². The lowest BCUT2D eigenvalue weighted by Gasteiger charge is -2.21. The Morgan fingerprint density at radius 2 is 2.46 bits per heavy atom. The van der Waals surface area contributed by atoms with Gasteiger partial charge in [0.15, 0.2) is 0 Å². The summed E-state index contributed by atoms with van der Waals surface area (Å²) in [5.41, 5.74) is 6.60. The fraction of sp³-hybridized carbons (Fsp3) is 0.800. The van der Waals surface area contributed by atoms with Crippen LogP contribution in [0.4, 0.5) is 0 Å². The summed E-state index contributed by atoms with van der Waals surface area (Å²) in [5.74, 6) is 0. The topological polar surface area (TPSA) is 41.3 Å². The van der Waals surface area contributed by atoms with Gasteiger partial charge in [-0.05, 0) is 26.3 Å². The average Bonchev–Trinajstić information content (AvgIpc) is 2.54. The summed E-state index contributed by atoms with van der Waals surface area (Å²) in [6, 6.07) is 0.760. The average molecular weight is 183 g/mol. The Morgan fingerprint density at radius 1 is 1.69 bits per heavy atom. The molecule has 0 saturated carbocycles. The van der Waals surface area contributed by atoms with Crippen LogP contribution in [-0.4, -0.2) is 31.1 Å². The van der Waals surface area contributed by atoms with Crippen molar-refractivity contribution in [1.82, 2.24) is 10.2 Å². The molecule has 1 rings (SSSR count). The molecule has 1 aliphatic rings. The molecular formula is C10H21N3. The van der Waals surface area contributed by atoms with Crippen molar-refractivity contribution in [1.29, 1.82) is 0 Å². The molecule has 1 atom stereocenters. The van der Waals surface area contributed by atoms with Crippen LogP contribution in [-0.2, 0) is 0 Å². The van der Waals surface area contributed by atoms with Crippen LogP contribution in [0.25, 0.3) is 0 Å². The zero-order chi connectivity index (χ0) is 9.68. The van der Waals surface area contributed by atoms with Crippen LogP contribution in [0.1, 0.15) is 26.2 Å². The Kier molecular flexibility index (Phi) is 4.09. The third kappa shape index (κ3) is 2.92. The summed E-state index contributed by atoms with van der Waals surface area (Å²) < 4.78 is 0. The number of nitrogens with zero attached hydrogens (tertiary/aromatic N) is 1. The maximum Gasteiger partial charge on any atom is 0.0274 e. The molecule has 76 valence electrons. The van der Waals surface area contributed by atoms with Crippen LogP contribution in [0, 0.1) is 0 Å². The lowest BCUT2D eigenvalue weighted by Crippen LogP contribution is -2.29. The molecule has 0 spiro atoms. The van der Waals surface area contributed by atoms with Crippen LogP contribution in [0.5, 0.6) is 0 Å². The second kappa shape index (κ2) is 5.12. The number of nitrogens with one attached hydrogen (secondary N) is 1. The Hall–Kier alpha value is -0.700. The first-order chi connectivity index (χ1) is 6.27. The Labute approximate surface area is 81.0 Å². The molecule has 0 aromatic carbocycles. The minimum Gasteiger partial charge on any atom is -0.403 e. The summed E-state index contributed by atoms with van der Waals surface area (Å²) in [4.78, 5) is 2.53. The molecular weight excluding hydrogens is 162 g/mol. The molecule has 3 N–H and O–H groups in total. The van der Waals surface area contributed by atoms with Crippen molar-refractivity contribution in [2.75, 3.05) is 20.1 Å². The van der Waals surface area contributed by atoms with Gasteiger partial charge in [-0.2, -0.15) is 0 Å². The van der Waals surface area contributed by atoms with Gasteiger partial charge in [0.2, 0.25) is 0 Å². The number of rotatable bonds is 4. The van der Waals surface area contributed by atoms with Crippen molar-refractivity contribution in [3.05, 3.63) is 11.9 Å². The molecule has 0 unspecified atom stereocenters. The van der Waals surface area contributed by atoms with Gasteiger partial charge < -0.3 is 16.0 Å². The highest BCUT2D eigenvalue weighted by molar-refractivity contribution is 4.96. The predicted molar refractivity (Wildman–Crippen MR) is 56.2 cm³/mol.